The summed E-state index contributed by atoms with van der Waals surface area (Å²) in [7, 11) is 0. The Morgan fingerprint density at radius 2 is 1.93 bits per heavy atom. The van der Waals surface area contributed by atoms with E-state index in [-0.39, 0.29) is 12.3 Å². The van der Waals surface area contributed by atoms with Crippen LogP contribution in [0.15, 0.2) is 54.6 Å². The monoisotopic (exact) mass is 394 g/mol. The Morgan fingerprint density at radius 3 is 2.64 bits per heavy atom. The van der Waals surface area contributed by atoms with Gasteiger partial charge < -0.3 is 11.1 Å². The third-order valence-electron chi connectivity index (χ3n) is 5.01. The maximum atomic E-state index is 11.1. The minimum absolute atomic E-state index is 0.227. The number of rotatable bonds is 5. The van der Waals surface area contributed by atoms with Crippen LogP contribution in [0.5, 0.6) is 0 Å². The largest absolute Gasteiger partial charge is 0.369 e. The fourth-order valence-corrected chi connectivity index (χ4v) is 3.90. The summed E-state index contributed by atoms with van der Waals surface area (Å²) >= 11 is 6.15. The van der Waals surface area contributed by atoms with Crippen molar-refractivity contribution < 1.29 is 14.7 Å². The lowest BCUT2D eigenvalue weighted by Crippen LogP contribution is -2.38. The average Bonchev–Trinajstić information content (AvgIpc) is 3.16. The summed E-state index contributed by atoms with van der Waals surface area (Å²) in [6.07, 6.45) is 2.96. The number of hydrogen-bond donors (Lipinski definition) is 3. The lowest BCUT2D eigenvalue weighted by Gasteiger charge is -2.12. The van der Waals surface area contributed by atoms with Gasteiger partial charge in [-0.25, -0.2) is 0 Å². The molecule has 6 heteroatoms. The van der Waals surface area contributed by atoms with Gasteiger partial charge in [0.15, 0.2) is 0 Å². The molecule has 142 valence electrons. The Kier molecular flexibility index (Phi) is 4.92. The highest BCUT2D eigenvalue weighted by molar-refractivity contribution is 6.30. The number of fused-ring (bicyclic) bond motifs is 1. The van der Waals surface area contributed by atoms with E-state index in [1.54, 1.807) is 0 Å². The van der Waals surface area contributed by atoms with Gasteiger partial charge in [-0.2, -0.15) is 0 Å². The zero-order valence-electron chi connectivity index (χ0n) is 15.3. The fourth-order valence-electron chi connectivity index (χ4n) is 3.71. The molecule has 0 spiro atoms. The maximum Gasteiger partial charge on any atom is 0.266 e. The van der Waals surface area contributed by atoms with Crippen molar-refractivity contribution in [2.45, 2.75) is 25.7 Å². The zero-order chi connectivity index (χ0) is 19.7. The van der Waals surface area contributed by atoms with Crippen LogP contribution in [0.25, 0.3) is 11.3 Å². The Labute approximate surface area is 168 Å². The van der Waals surface area contributed by atoms with Gasteiger partial charge in [0.1, 0.15) is 0 Å². The summed E-state index contributed by atoms with van der Waals surface area (Å²) in [5.74, 6) is -0.347. The summed E-state index contributed by atoms with van der Waals surface area (Å²) in [5, 5.41) is 14.9. The summed E-state index contributed by atoms with van der Waals surface area (Å²) in [5.41, 5.74) is 11.6. The highest BCUT2D eigenvalue weighted by atomic mass is 35.5. The van der Waals surface area contributed by atoms with Gasteiger partial charge in [-0.1, -0.05) is 29.8 Å². The molecule has 1 heterocycles. The van der Waals surface area contributed by atoms with Crippen molar-refractivity contribution in [1.29, 1.82) is 0 Å². The number of nitrogens with one attached hydrogen (secondary N) is 1. The molecule has 0 saturated carbocycles. The molecule has 2 aromatic carbocycles. The highest BCUT2D eigenvalue weighted by Crippen LogP contribution is 2.33. The molecule has 0 saturated heterocycles. The molecule has 0 unspecified atom stereocenters. The van der Waals surface area contributed by atoms with Gasteiger partial charge in [-0.05, 0) is 48.7 Å². The van der Waals surface area contributed by atoms with Crippen LogP contribution in [0.2, 0.25) is 5.02 Å². The summed E-state index contributed by atoms with van der Waals surface area (Å²) in [6, 6.07) is 17.0. The molecule has 3 aromatic rings. The van der Waals surface area contributed by atoms with Crippen molar-refractivity contribution in [3.63, 3.8) is 0 Å². The number of nitrogens with zero attached hydrogens (tertiary/aromatic N) is 1. The number of anilines is 2. The molecule has 0 bridgehead atoms. The Morgan fingerprint density at radius 1 is 1.14 bits per heavy atom. The second-order valence-electron chi connectivity index (χ2n) is 7.01. The fraction of sp³-hybridized carbons (Fsp3) is 0.182. The Hall–Kier alpha value is -3.05. The molecule has 0 aliphatic heterocycles. The standard InChI is InChI=1S/C22H20ClN3O2/c23-16-4-1-3-15(12-16)21-13-19(18-5-2-6-20(18)26(21)28)25-17-9-7-14(8-10-17)11-22(24)27/h1,3-4,7-10,12-13,28H,2,5-6,11H2,(H2,24,27)/p+1. The van der Waals surface area contributed by atoms with Crippen molar-refractivity contribution >= 4 is 28.9 Å². The smallest absolute Gasteiger partial charge is 0.266 e. The van der Waals surface area contributed by atoms with Crippen LogP contribution in [0.4, 0.5) is 11.4 Å². The van der Waals surface area contributed by atoms with Gasteiger partial charge in [0.05, 0.1) is 17.7 Å². The summed E-state index contributed by atoms with van der Waals surface area (Å²) in [4.78, 5) is 11.1. The number of amides is 1. The minimum Gasteiger partial charge on any atom is -0.369 e. The van der Waals surface area contributed by atoms with E-state index < -0.39 is 0 Å². The van der Waals surface area contributed by atoms with E-state index in [4.69, 9.17) is 17.3 Å². The summed E-state index contributed by atoms with van der Waals surface area (Å²) in [6.45, 7) is 0. The lowest BCUT2D eigenvalue weighted by molar-refractivity contribution is -0.900. The number of pyridine rings is 1. The molecule has 1 aromatic heterocycles. The topological polar surface area (TPSA) is 79.2 Å². The van der Waals surface area contributed by atoms with Crippen LogP contribution < -0.4 is 15.8 Å². The average molecular weight is 395 g/mol. The van der Waals surface area contributed by atoms with Gasteiger partial charge in [-0.15, -0.1) is 0 Å². The van der Waals surface area contributed by atoms with Crippen molar-refractivity contribution in [2.24, 2.45) is 5.73 Å². The number of carbonyl (C=O) groups is 1. The van der Waals surface area contributed by atoms with Crippen molar-refractivity contribution in [3.05, 3.63) is 76.4 Å². The molecular formula is C22H21ClN3O2+. The maximum absolute atomic E-state index is 11.1. The van der Waals surface area contributed by atoms with E-state index in [0.717, 1.165) is 53.0 Å². The molecule has 0 fully saturated rings. The van der Waals surface area contributed by atoms with Gasteiger partial charge >= 0.3 is 0 Å². The number of halogens is 1. The predicted octanol–water partition coefficient (Wildman–Crippen LogP) is 3.79. The van der Waals surface area contributed by atoms with Crippen LogP contribution >= 0.6 is 11.6 Å². The first kappa shape index (κ1) is 18.3. The Balaban J connectivity index is 1.72. The van der Waals surface area contributed by atoms with Crippen molar-refractivity contribution in [1.82, 2.24) is 0 Å². The van der Waals surface area contributed by atoms with E-state index in [1.165, 1.54) is 4.73 Å². The van der Waals surface area contributed by atoms with Crippen molar-refractivity contribution in [2.75, 3.05) is 5.32 Å². The first-order valence-electron chi connectivity index (χ1n) is 9.21. The molecular weight excluding hydrogens is 374 g/mol. The SMILES string of the molecule is NC(=O)Cc1ccc(Nc2cc(-c3cccc(Cl)c3)[n+](O)c3c2CCC3)cc1. The quantitative estimate of drug-likeness (QED) is 0.455. The van der Waals surface area contributed by atoms with Crippen LogP contribution in [-0.4, -0.2) is 11.1 Å². The number of benzene rings is 2. The van der Waals surface area contributed by atoms with E-state index >= 15 is 0 Å². The molecule has 0 radical (unpaired) electrons. The normalized spacial score (nSPS) is 12.6. The first-order valence-corrected chi connectivity index (χ1v) is 9.59. The molecule has 5 nitrogen and oxygen atoms in total. The molecule has 4 N–H and O–H groups in total. The first-order chi connectivity index (χ1) is 13.5. The number of primary amides is 1. The number of carbonyl (C=O) groups excluding carboxylic acids is 1. The summed E-state index contributed by atoms with van der Waals surface area (Å²) < 4.78 is 1.29. The van der Waals surface area contributed by atoms with Gasteiger partial charge in [0.25, 0.3) is 5.69 Å². The molecule has 1 aliphatic rings. The van der Waals surface area contributed by atoms with Crippen LogP contribution in [0.3, 0.4) is 0 Å². The van der Waals surface area contributed by atoms with Crippen molar-refractivity contribution in [3.8, 4) is 11.3 Å². The third-order valence-corrected chi connectivity index (χ3v) is 5.25. The van der Waals surface area contributed by atoms with E-state index in [1.807, 2.05) is 54.6 Å². The van der Waals surface area contributed by atoms with Gasteiger partial charge in [-0.3, -0.25) is 10.0 Å². The Bertz CT molecular complexity index is 1050. The second kappa shape index (κ2) is 7.52. The second-order valence-corrected chi connectivity index (χ2v) is 7.45. The number of hydrogen-bond acceptors (Lipinski definition) is 3. The molecule has 0 atom stereocenters. The zero-order valence-corrected chi connectivity index (χ0v) is 16.0. The lowest BCUT2D eigenvalue weighted by atomic mass is 10.1. The van der Waals surface area contributed by atoms with Crippen LogP contribution in [-0.2, 0) is 24.1 Å². The van der Waals surface area contributed by atoms with Gasteiger partial charge in [0, 0.05) is 33.5 Å². The van der Waals surface area contributed by atoms with E-state index in [0.29, 0.717) is 10.7 Å². The minimum atomic E-state index is -0.347. The molecule has 1 aliphatic carbocycles. The third kappa shape index (κ3) is 3.66. The number of aromatic nitrogens is 1. The predicted molar refractivity (Wildman–Crippen MR) is 109 cm³/mol. The van der Waals surface area contributed by atoms with E-state index in [2.05, 4.69) is 5.32 Å². The molecule has 4 rings (SSSR count). The molecule has 1 amide bonds. The van der Waals surface area contributed by atoms with Gasteiger partial charge in [0.2, 0.25) is 11.6 Å². The molecule has 28 heavy (non-hydrogen) atoms. The highest BCUT2D eigenvalue weighted by Gasteiger charge is 2.30. The van der Waals surface area contributed by atoms with Crippen LogP contribution in [0.1, 0.15) is 23.2 Å². The van der Waals surface area contributed by atoms with Crippen LogP contribution in [0, 0.1) is 0 Å². The van der Waals surface area contributed by atoms with E-state index in [9.17, 15) is 10.0 Å². The number of nitrogens with two attached hydrogens (primary N) is 1.